The summed E-state index contributed by atoms with van der Waals surface area (Å²) in [6.07, 6.45) is 1.64. The van der Waals surface area contributed by atoms with E-state index in [0.717, 1.165) is 0 Å². The molecule has 42 heavy (non-hydrogen) atoms. The lowest BCUT2D eigenvalue weighted by Gasteiger charge is -2.37. The topological polar surface area (TPSA) is 126 Å². The predicted octanol–water partition coefficient (Wildman–Crippen LogP) is 7.09. The molecule has 224 valence electrons. The van der Waals surface area contributed by atoms with Crippen molar-refractivity contribution in [2.75, 3.05) is 24.3 Å². The van der Waals surface area contributed by atoms with Gasteiger partial charge in [-0.3, -0.25) is 15.0 Å². The normalized spacial score (nSPS) is 23.6. The molecule has 0 unspecified atom stereocenters. The van der Waals surface area contributed by atoms with Gasteiger partial charge in [-0.15, -0.1) is 0 Å². The monoisotopic (exact) mass is 603 g/mol. The number of halogens is 3. The Hall–Kier alpha value is -3.93. The standard InChI is InChI=1S/C29H32ClF2N5O5/c1-15-4-3-5-22(37-11-10-23(42-29(37)40)25-19(31)9-8-18(30)26(25)32)27-33-14-21(36-27)17-7-6-16(34-28(39)41-2)13-20(17)35-24(38)12-15/h6-7,13-15,22-23H,3-5,8-12H2,1-2H3,(H,33,36)(H,34,39)(H,35,38)/t15-,22-,23+/m0/s1. The van der Waals surface area contributed by atoms with Gasteiger partial charge in [-0.2, -0.15) is 0 Å². The number of rotatable bonds is 3. The number of hydrogen-bond acceptors (Lipinski definition) is 6. The lowest BCUT2D eigenvalue weighted by atomic mass is 9.95. The molecule has 2 aromatic rings. The van der Waals surface area contributed by atoms with Crippen LogP contribution in [0.1, 0.15) is 63.7 Å². The van der Waals surface area contributed by atoms with Gasteiger partial charge in [-0.05, 0) is 37.0 Å². The molecule has 3 N–H and O–H groups in total. The van der Waals surface area contributed by atoms with Crippen LogP contribution in [0, 0.1) is 5.92 Å². The minimum atomic E-state index is -1.07. The van der Waals surface area contributed by atoms with Crippen LogP contribution in [0.4, 0.5) is 29.7 Å². The second-order valence-corrected chi connectivity index (χ2v) is 11.2. The molecule has 0 radical (unpaired) electrons. The molecule has 2 bridgehead atoms. The third-order valence-electron chi connectivity index (χ3n) is 7.77. The first kappa shape index (κ1) is 29.6. The zero-order chi connectivity index (χ0) is 30.0. The third-order valence-corrected chi connectivity index (χ3v) is 8.13. The Morgan fingerprint density at radius 2 is 2.02 bits per heavy atom. The van der Waals surface area contributed by atoms with Crippen LogP contribution in [-0.4, -0.2) is 52.7 Å². The van der Waals surface area contributed by atoms with Crippen molar-refractivity contribution in [2.45, 2.75) is 64.0 Å². The van der Waals surface area contributed by atoms with Crippen LogP contribution in [0.2, 0.25) is 0 Å². The molecular weight excluding hydrogens is 572 g/mol. The van der Waals surface area contributed by atoms with Crippen LogP contribution >= 0.6 is 11.6 Å². The number of nitrogens with one attached hydrogen (secondary N) is 3. The first-order chi connectivity index (χ1) is 20.1. The van der Waals surface area contributed by atoms with E-state index < -0.39 is 36.0 Å². The summed E-state index contributed by atoms with van der Waals surface area (Å²) in [7, 11) is 1.26. The summed E-state index contributed by atoms with van der Waals surface area (Å²) in [5.41, 5.74) is 1.82. The molecule has 1 aromatic heterocycles. The number of fused-ring (bicyclic) bond motifs is 4. The number of aromatic nitrogens is 2. The van der Waals surface area contributed by atoms with E-state index in [0.29, 0.717) is 47.7 Å². The van der Waals surface area contributed by atoms with Crippen molar-refractivity contribution in [3.8, 4) is 11.3 Å². The lowest BCUT2D eigenvalue weighted by Crippen LogP contribution is -2.45. The number of carbonyl (C=O) groups is 3. The number of hydrogen-bond donors (Lipinski definition) is 3. The van der Waals surface area contributed by atoms with Crippen LogP contribution in [0.5, 0.6) is 0 Å². The summed E-state index contributed by atoms with van der Waals surface area (Å²) in [5, 5.41) is 5.47. The summed E-state index contributed by atoms with van der Waals surface area (Å²) in [6.45, 7) is 2.18. The number of ether oxygens (including phenoxy) is 2. The molecule has 5 rings (SSSR count). The summed E-state index contributed by atoms with van der Waals surface area (Å²) in [6, 6.07) is 4.53. The zero-order valence-corrected chi connectivity index (χ0v) is 24.0. The molecule has 3 atom stereocenters. The van der Waals surface area contributed by atoms with E-state index in [1.807, 2.05) is 6.92 Å². The molecule has 3 aliphatic rings. The number of amides is 3. The summed E-state index contributed by atoms with van der Waals surface area (Å²) >= 11 is 5.94. The van der Waals surface area contributed by atoms with Crippen LogP contribution in [0.15, 0.2) is 46.7 Å². The fourth-order valence-corrected chi connectivity index (χ4v) is 5.82. The van der Waals surface area contributed by atoms with Crippen molar-refractivity contribution in [2.24, 2.45) is 5.92 Å². The Balaban J connectivity index is 1.44. The number of H-pyrrole nitrogens is 1. The molecule has 1 fully saturated rings. The number of imidazole rings is 1. The van der Waals surface area contributed by atoms with Crippen molar-refractivity contribution in [1.29, 1.82) is 0 Å². The Labute approximate surface area is 246 Å². The van der Waals surface area contributed by atoms with Gasteiger partial charge >= 0.3 is 12.2 Å². The number of cyclic esters (lactones) is 1. The van der Waals surface area contributed by atoms with Gasteiger partial charge in [0.2, 0.25) is 5.91 Å². The number of benzene rings is 1. The maximum absolute atomic E-state index is 14.7. The van der Waals surface area contributed by atoms with Crippen molar-refractivity contribution in [3.05, 3.63) is 52.5 Å². The van der Waals surface area contributed by atoms with E-state index in [4.69, 9.17) is 16.3 Å². The Kier molecular flexibility index (Phi) is 8.81. The quantitative estimate of drug-likeness (QED) is 0.344. The number of allylic oxidation sites excluding steroid dienone is 2. The van der Waals surface area contributed by atoms with Crippen LogP contribution < -0.4 is 10.6 Å². The van der Waals surface area contributed by atoms with Crippen molar-refractivity contribution in [1.82, 2.24) is 14.9 Å². The van der Waals surface area contributed by atoms with Crippen LogP contribution in [0.25, 0.3) is 11.3 Å². The highest BCUT2D eigenvalue weighted by Crippen LogP contribution is 2.40. The first-order valence-electron chi connectivity index (χ1n) is 13.9. The van der Waals surface area contributed by atoms with E-state index in [1.165, 1.54) is 12.0 Å². The van der Waals surface area contributed by atoms with E-state index in [-0.39, 0.29) is 54.7 Å². The van der Waals surface area contributed by atoms with Crippen molar-refractivity contribution in [3.63, 3.8) is 0 Å². The van der Waals surface area contributed by atoms with Gasteiger partial charge in [0, 0.05) is 37.1 Å². The molecule has 0 saturated carbocycles. The smallest absolute Gasteiger partial charge is 0.411 e. The molecule has 1 aliphatic carbocycles. The van der Waals surface area contributed by atoms with E-state index >= 15 is 0 Å². The Morgan fingerprint density at radius 1 is 1.21 bits per heavy atom. The predicted molar refractivity (Wildman–Crippen MR) is 152 cm³/mol. The van der Waals surface area contributed by atoms with Gasteiger partial charge in [0.05, 0.1) is 41.3 Å². The highest BCUT2D eigenvalue weighted by atomic mass is 35.5. The molecule has 10 nitrogen and oxygen atoms in total. The molecule has 2 aliphatic heterocycles. The molecule has 13 heteroatoms. The highest BCUT2D eigenvalue weighted by Gasteiger charge is 2.39. The minimum Gasteiger partial charge on any atom is -0.453 e. The number of anilines is 2. The number of carbonyl (C=O) groups excluding carboxylic acids is 3. The summed E-state index contributed by atoms with van der Waals surface area (Å²) < 4.78 is 39.5. The Morgan fingerprint density at radius 3 is 2.79 bits per heavy atom. The van der Waals surface area contributed by atoms with E-state index in [9.17, 15) is 23.2 Å². The van der Waals surface area contributed by atoms with Gasteiger partial charge in [-0.1, -0.05) is 31.4 Å². The van der Waals surface area contributed by atoms with Gasteiger partial charge in [-0.25, -0.2) is 23.4 Å². The average molecular weight is 604 g/mol. The maximum atomic E-state index is 14.7. The summed E-state index contributed by atoms with van der Waals surface area (Å²) in [4.78, 5) is 47.3. The first-order valence-corrected chi connectivity index (χ1v) is 14.3. The third kappa shape index (κ3) is 6.28. The minimum absolute atomic E-state index is 0.0333. The van der Waals surface area contributed by atoms with Crippen LogP contribution in [0.3, 0.4) is 0 Å². The van der Waals surface area contributed by atoms with E-state index in [2.05, 4.69) is 25.3 Å². The number of nitrogens with zero attached hydrogens (tertiary/aromatic N) is 2. The molecule has 1 saturated heterocycles. The second kappa shape index (κ2) is 12.5. The highest BCUT2D eigenvalue weighted by molar-refractivity contribution is 6.30. The maximum Gasteiger partial charge on any atom is 0.411 e. The fourth-order valence-electron chi connectivity index (χ4n) is 5.62. The van der Waals surface area contributed by atoms with Gasteiger partial charge in [0.15, 0.2) is 0 Å². The average Bonchev–Trinajstić information content (AvgIpc) is 3.43. The summed E-state index contributed by atoms with van der Waals surface area (Å²) in [5.74, 6) is -1.12. The van der Waals surface area contributed by atoms with E-state index in [1.54, 1.807) is 24.4 Å². The molecule has 3 amide bonds. The fraction of sp³-hybridized carbons (Fsp3) is 0.448. The van der Waals surface area contributed by atoms with Gasteiger partial charge in [0.25, 0.3) is 0 Å². The largest absolute Gasteiger partial charge is 0.453 e. The number of aromatic amines is 1. The molecule has 3 heterocycles. The van der Waals surface area contributed by atoms with Gasteiger partial charge < -0.3 is 19.8 Å². The number of methoxy groups -OCH3 is 1. The molecular formula is C29H32ClF2N5O5. The SMILES string of the molecule is COC(=O)Nc1ccc2c(c1)NC(=O)C[C@@H](C)CCC[C@H](N1CC[C@H](C3=C(F)CCC(Cl)=C3F)OC1=O)c1ncc-2[nH]1. The van der Waals surface area contributed by atoms with Gasteiger partial charge in [0.1, 0.15) is 23.6 Å². The molecule has 1 aromatic carbocycles. The molecule has 0 spiro atoms. The zero-order valence-electron chi connectivity index (χ0n) is 23.3. The van der Waals surface area contributed by atoms with Crippen molar-refractivity contribution >= 4 is 41.1 Å². The van der Waals surface area contributed by atoms with Crippen molar-refractivity contribution < 1.29 is 32.6 Å². The van der Waals surface area contributed by atoms with Crippen LogP contribution in [-0.2, 0) is 14.3 Å². The lowest BCUT2D eigenvalue weighted by molar-refractivity contribution is -0.117. The Bertz CT molecular complexity index is 1460. The second-order valence-electron chi connectivity index (χ2n) is 10.8.